The van der Waals surface area contributed by atoms with E-state index in [0.29, 0.717) is 6.42 Å². The first-order chi connectivity index (χ1) is 7.98. The third-order valence-electron chi connectivity index (χ3n) is 3.89. The Balaban J connectivity index is 4.80. The lowest BCUT2D eigenvalue weighted by Crippen LogP contribution is -2.35. The van der Waals surface area contributed by atoms with Crippen molar-refractivity contribution in [3.63, 3.8) is 0 Å². The molecule has 0 radical (unpaired) electrons. The lowest BCUT2D eigenvalue weighted by atomic mass is 9.69. The van der Waals surface area contributed by atoms with Gasteiger partial charge < -0.3 is 0 Å². The normalized spacial score (nSPS) is 19.1. The summed E-state index contributed by atoms with van der Waals surface area (Å²) in [7, 11) is -4.21. The minimum absolute atomic E-state index is 0.0175. The molecule has 108 valence electrons. The van der Waals surface area contributed by atoms with E-state index >= 15 is 0 Å². The average molecular weight is 281 g/mol. The molecule has 0 saturated carbocycles. The molecule has 0 amide bonds. The Morgan fingerprint density at radius 3 is 1.94 bits per heavy atom. The molecule has 0 spiro atoms. The maximum Gasteiger partial charge on any atom is 0.567 e. The van der Waals surface area contributed by atoms with E-state index in [9.17, 15) is 4.79 Å². The van der Waals surface area contributed by atoms with E-state index in [2.05, 4.69) is 0 Å². The highest BCUT2D eigenvalue weighted by atomic mass is 31.2. The predicted octanol–water partition coefficient (Wildman–Crippen LogP) is 2.47. The van der Waals surface area contributed by atoms with Gasteiger partial charge in [0.2, 0.25) is 0 Å². The first-order valence-corrected chi connectivity index (χ1v) is 7.77. The number of hydrogen-bond donors (Lipinski definition) is 3. The maximum atomic E-state index is 11.7. The lowest BCUT2D eigenvalue weighted by Gasteiger charge is -2.36. The van der Waals surface area contributed by atoms with Crippen molar-refractivity contribution in [2.24, 2.45) is 10.8 Å². The van der Waals surface area contributed by atoms with Crippen LogP contribution in [0.4, 0.5) is 0 Å². The molecule has 2 unspecified atom stereocenters. The summed E-state index contributed by atoms with van der Waals surface area (Å²) in [6.07, 6.45) is 2.02. The number of carbonyl (C=O) groups is 1. The van der Waals surface area contributed by atoms with Crippen LogP contribution in [0, 0.1) is 10.8 Å². The van der Waals surface area contributed by atoms with Gasteiger partial charge in [-0.3, -0.25) is 4.79 Å². The van der Waals surface area contributed by atoms with Crippen molar-refractivity contribution < 1.29 is 24.0 Å². The molecule has 0 bridgehead atoms. The molecule has 18 heavy (non-hydrogen) atoms. The largest absolute Gasteiger partial charge is 0.567 e. The number of hydrogen-bond acceptors (Lipinski definition) is 5. The molecule has 0 aliphatic carbocycles. The SMILES string of the molecule is CCC(C)(CO[P+](O)(O)O)CC(C)(CC)C(C)=O. The molecule has 0 aromatic heterocycles. The van der Waals surface area contributed by atoms with Gasteiger partial charge in [0.05, 0.1) is 0 Å². The minimum atomic E-state index is -4.21. The topological polar surface area (TPSA) is 87.0 Å². The van der Waals surface area contributed by atoms with E-state index in [0.717, 1.165) is 12.8 Å². The van der Waals surface area contributed by atoms with Crippen molar-refractivity contribution >= 4 is 14.0 Å². The van der Waals surface area contributed by atoms with Crippen LogP contribution in [0.5, 0.6) is 0 Å². The van der Waals surface area contributed by atoms with Crippen LogP contribution in [0.1, 0.15) is 53.9 Å². The van der Waals surface area contributed by atoms with Crippen molar-refractivity contribution in [1.29, 1.82) is 0 Å². The first kappa shape index (κ1) is 17.9. The van der Waals surface area contributed by atoms with Crippen molar-refractivity contribution in [3.8, 4) is 0 Å². The van der Waals surface area contributed by atoms with Crippen LogP contribution in [-0.2, 0) is 9.32 Å². The van der Waals surface area contributed by atoms with E-state index < -0.39 is 13.6 Å². The fourth-order valence-electron chi connectivity index (χ4n) is 1.96. The summed E-state index contributed by atoms with van der Waals surface area (Å²) >= 11 is 0. The van der Waals surface area contributed by atoms with Gasteiger partial charge in [-0.15, -0.1) is 0 Å². The molecule has 0 aromatic rings. The Hall–Kier alpha value is -0.0600. The molecular formula is C12H26O5P+. The van der Waals surface area contributed by atoms with Crippen molar-refractivity contribution in [3.05, 3.63) is 0 Å². The molecule has 0 rings (SSSR count). The smallest absolute Gasteiger partial charge is 0.299 e. The second-order valence-electron chi connectivity index (χ2n) is 5.60. The van der Waals surface area contributed by atoms with E-state index in [4.69, 9.17) is 19.2 Å². The molecular weight excluding hydrogens is 255 g/mol. The standard InChI is InChI=1S/C12H26O5P/c1-6-11(4,9-17-18(14,15)16)8-12(5,7-2)10(3)13/h14-16H,6-9H2,1-5H3/q+1. The number of rotatable bonds is 8. The van der Waals surface area contributed by atoms with Crippen LogP contribution in [0.15, 0.2) is 0 Å². The Labute approximate surface area is 110 Å². The van der Waals surface area contributed by atoms with E-state index in [-0.39, 0.29) is 17.8 Å². The highest BCUT2D eigenvalue weighted by Gasteiger charge is 2.41. The quantitative estimate of drug-likeness (QED) is 0.595. The fraction of sp³-hybridized carbons (Fsp3) is 0.917. The first-order valence-electron chi connectivity index (χ1n) is 6.21. The lowest BCUT2D eigenvalue weighted by molar-refractivity contribution is -0.128. The maximum absolute atomic E-state index is 11.7. The molecule has 0 aliphatic rings. The molecule has 0 heterocycles. The van der Waals surface area contributed by atoms with Crippen molar-refractivity contribution in [1.82, 2.24) is 0 Å². The van der Waals surface area contributed by atoms with Gasteiger partial charge in [-0.05, 0) is 31.6 Å². The summed E-state index contributed by atoms with van der Waals surface area (Å²) in [6, 6.07) is 0. The molecule has 0 aliphatic heterocycles. The summed E-state index contributed by atoms with van der Waals surface area (Å²) in [5.74, 6) is 0.114. The van der Waals surface area contributed by atoms with Gasteiger partial charge in [-0.1, -0.05) is 27.7 Å². The number of ketones is 1. The zero-order valence-corrected chi connectivity index (χ0v) is 12.8. The van der Waals surface area contributed by atoms with Crippen molar-refractivity contribution in [2.45, 2.75) is 53.9 Å². The molecule has 0 fully saturated rings. The van der Waals surface area contributed by atoms with Gasteiger partial charge in [0.1, 0.15) is 12.4 Å². The van der Waals surface area contributed by atoms with Gasteiger partial charge in [-0.2, -0.15) is 19.2 Å². The summed E-state index contributed by atoms with van der Waals surface area (Å²) in [5, 5.41) is 0. The summed E-state index contributed by atoms with van der Waals surface area (Å²) in [4.78, 5) is 38.3. The monoisotopic (exact) mass is 281 g/mol. The van der Waals surface area contributed by atoms with Crippen LogP contribution in [0.3, 0.4) is 0 Å². The zero-order valence-electron chi connectivity index (χ0n) is 11.9. The van der Waals surface area contributed by atoms with E-state index in [1.54, 1.807) is 6.92 Å². The summed E-state index contributed by atoms with van der Waals surface area (Å²) < 4.78 is 4.72. The highest BCUT2D eigenvalue weighted by molar-refractivity contribution is 7.53. The van der Waals surface area contributed by atoms with Gasteiger partial charge in [0.15, 0.2) is 0 Å². The number of Topliss-reactive ketones (excluding diaryl/α,β-unsaturated/α-hetero) is 1. The molecule has 0 saturated heterocycles. The van der Waals surface area contributed by atoms with Gasteiger partial charge in [0.25, 0.3) is 0 Å². The molecule has 0 aromatic carbocycles. The molecule has 3 N–H and O–H groups in total. The second-order valence-corrected chi connectivity index (χ2v) is 6.88. The minimum Gasteiger partial charge on any atom is -0.299 e. The molecule has 6 heteroatoms. The Morgan fingerprint density at radius 1 is 1.17 bits per heavy atom. The predicted molar refractivity (Wildman–Crippen MR) is 71.6 cm³/mol. The van der Waals surface area contributed by atoms with E-state index in [1.807, 2.05) is 27.7 Å². The highest BCUT2D eigenvalue weighted by Crippen LogP contribution is 2.49. The van der Waals surface area contributed by atoms with Crippen LogP contribution >= 0.6 is 8.17 Å². The fourth-order valence-corrected chi connectivity index (χ4v) is 2.45. The van der Waals surface area contributed by atoms with Crippen molar-refractivity contribution in [2.75, 3.05) is 6.61 Å². The second kappa shape index (κ2) is 6.40. The van der Waals surface area contributed by atoms with Crippen LogP contribution in [0.25, 0.3) is 0 Å². The molecule has 2 atom stereocenters. The van der Waals surface area contributed by atoms with E-state index in [1.165, 1.54) is 0 Å². The zero-order chi connectivity index (χ0) is 14.6. The van der Waals surface area contributed by atoms with Gasteiger partial charge >= 0.3 is 8.17 Å². The van der Waals surface area contributed by atoms with Gasteiger partial charge in [-0.25, -0.2) is 0 Å². The third-order valence-corrected chi connectivity index (χ3v) is 4.36. The Kier molecular flexibility index (Phi) is 6.38. The van der Waals surface area contributed by atoms with Crippen LogP contribution in [-0.4, -0.2) is 27.1 Å². The Bertz CT molecular complexity index is 289. The number of carbonyl (C=O) groups excluding carboxylic acids is 1. The van der Waals surface area contributed by atoms with Gasteiger partial charge in [0, 0.05) is 5.41 Å². The summed E-state index contributed by atoms with van der Waals surface area (Å²) in [6.45, 7) is 9.32. The van der Waals surface area contributed by atoms with Crippen LogP contribution < -0.4 is 0 Å². The average Bonchev–Trinajstić information content (AvgIpc) is 2.25. The summed E-state index contributed by atoms with van der Waals surface area (Å²) in [5.41, 5.74) is -0.828. The molecule has 5 nitrogen and oxygen atoms in total. The third kappa shape index (κ3) is 5.72. The Morgan fingerprint density at radius 2 is 1.67 bits per heavy atom. The van der Waals surface area contributed by atoms with Crippen LogP contribution in [0.2, 0.25) is 0 Å².